The van der Waals surface area contributed by atoms with Crippen molar-refractivity contribution in [2.45, 2.75) is 18.6 Å². The Balaban J connectivity index is 1.31. The molecular formula is C24H24ClN5O5S. The standard InChI is InChI=1S/C24H24ClN5O5S/c25-21-6-5-20(36-21)23(32)27-11-16-13-30(24(33)35-16)15-3-4-18(29-8-7-14(26)12-29)17(10-15)28-22(31)19-2-1-9-34-19/h1-6,9-10,14,16H,7-8,11-13,26H2,(H,27,32)(H,28,31)/t14?,16-/m1/s1. The number of amides is 3. The lowest BCUT2D eigenvalue weighted by Gasteiger charge is -2.24. The average molecular weight is 530 g/mol. The van der Waals surface area contributed by atoms with Crippen molar-refractivity contribution in [3.63, 3.8) is 0 Å². The highest BCUT2D eigenvalue weighted by molar-refractivity contribution is 7.18. The minimum atomic E-state index is -0.535. The highest BCUT2D eigenvalue weighted by Crippen LogP contribution is 2.34. The van der Waals surface area contributed by atoms with E-state index >= 15 is 0 Å². The van der Waals surface area contributed by atoms with E-state index in [-0.39, 0.29) is 30.8 Å². The molecule has 2 aromatic heterocycles. The molecule has 12 heteroatoms. The first-order valence-corrected chi connectivity index (χ1v) is 12.6. The van der Waals surface area contributed by atoms with E-state index in [0.29, 0.717) is 27.1 Å². The number of anilines is 3. The SMILES string of the molecule is NC1CCN(c2ccc(N3C[C@@H](CNC(=O)c4ccc(Cl)s4)OC3=O)cc2NC(=O)c2ccco2)C1. The van der Waals surface area contributed by atoms with Crippen LogP contribution in [0.25, 0.3) is 0 Å². The van der Waals surface area contributed by atoms with Gasteiger partial charge in [0, 0.05) is 24.8 Å². The first-order chi connectivity index (χ1) is 17.4. The topological polar surface area (TPSA) is 130 Å². The smallest absolute Gasteiger partial charge is 0.414 e. The van der Waals surface area contributed by atoms with Crippen molar-refractivity contribution in [1.82, 2.24) is 5.32 Å². The lowest BCUT2D eigenvalue weighted by Crippen LogP contribution is -2.34. The van der Waals surface area contributed by atoms with Gasteiger partial charge in [-0.1, -0.05) is 11.6 Å². The van der Waals surface area contributed by atoms with Crippen LogP contribution < -0.4 is 26.2 Å². The fourth-order valence-electron chi connectivity index (χ4n) is 4.23. The molecule has 0 radical (unpaired) electrons. The number of nitrogens with two attached hydrogens (primary N) is 1. The van der Waals surface area contributed by atoms with Gasteiger partial charge in [0.2, 0.25) is 0 Å². The number of ether oxygens (including phenoxy) is 1. The Morgan fingerprint density at radius 2 is 2.03 bits per heavy atom. The van der Waals surface area contributed by atoms with Crippen molar-refractivity contribution >= 4 is 57.9 Å². The number of hydrogen-bond donors (Lipinski definition) is 3. The van der Waals surface area contributed by atoms with Gasteiger partial charge in [-0.3, -0.25) is 14.5 Å². The second-order valence-corrected chi connectivity index (χ2v) is 10.3. The Hall–Kier alpha value is -3.54. The van der Waals surface area contributed by atoms with Crippen LogP contribution in [0.3, 0.4) is 0 Å². The molecule has 4 heterocycles. The van der Waals surface area contributed by atoms with E-state index < -0.39 is 18.1 Å². The third-order valence-electron chi connectivity index (χ3n) is 6.01. The van der Waals surface area contributed by atoms with Crippen molar-refractivity contribution in [1.29, 1.82) is 0 Å². The molecule has 3 amide bonds. The van der Waals surface area contributed by atoms with Crippen LogP contribution in [0.4, 0.5) is 21.9 Å². The number of rotatable bonds is 7. The molecule has 5 rings (SSSR count). The Labute approximate surface area is 215 Å². The van der Waals surface area contributed by atoms with Crippen molar-refractivity contribution in [2.75, 3.05) is 41.3 Å². The molecule has 0 saturated carbocycles. The summed E-state index contributed by atoms with van der Waals surface area (Å²) in [6.07, 6.45) is 1.20. The minimum Gasteiger partial charge on any atom is -0.459 e. The van der Waals surface area contributed by atoms with Gasteiger partial charge in [0.05, 0.1) is 39.9 Å². The molecule has 0 spiro atoms. The van der Waals surface area contributed by atoms with Gasteiger partial charge in [0.25, 0.3) is 11.8 Å². The predicted molar refractivity (Wildman–Crippen MR) is 137 cm³/mol. The van der Waals surface area contributed by atoms with Gasteiger partial charge in [-0.2, -0.15) is 0 Å². The van der Waals surface area contributed by atoms with Crippen LogP contribution in [-0.4, -0.2) is 56.2 Å². The van der Waals surface area contributed by atoms with Crippen LogP contribution in [0, 0.1) is 0 Å². The summed E-state index contributed by atoms with van der Waals surface area (Å²) in [4.78, 5) is 41.7. The fourth-order valence-corrected chi connectivity index (χ4v) is 5.19. The molecule has 10 nitrogen and oxygen atoms in total. The van der Waals surface area contributed by atoms with Gasteiger partial charge >= 0.3 is 6.09 Å². The van der Waals surface area contributed by atoms with Crippen LogP contribution in [0.15, 0.2) is 53.1 Å². The lowest BCUT2D eigenvalue weighted by molar-refractivity contribution is 0.0919. The molecule has 1 aromatic carbocycles. The Bertz CT molecular complexity index is 1280. The van der Waals surface area contributed by atoms with Crippen LogP contribution in [0.2, 0.25) is 4.34 Å². The molecule has 0 bridgehead atoms. The van der Waals surface area contributed by atoms with Crippen molar-refractivity contribution in [2.24, 2.45) is 5.73 Å². The molecule has 2 aliphatic heterocycles. The summed E-state index contributed by atoms with van der Waals surface area (Å²) in [5, 5.41) is 5.67. The third kappa shape index (κ3) is 5.18. The molecule has 36 heavy (non-hydrogen) atoms. The summed E-state index contributed by atoms with van der Waals surface area (Å²) in [6, 6.07) is 11.9. The zero-order valence-electron chi connectivity index (χ0n) is 19.1. The first kappa shape index (κ1) is 24.2. The normalized spacial score (nSPS) is 19.4. The van der Waals surface area contributed by atoms with Crippen LogP contribution in [0.1, 0.15) is 26.6 Å². The van der Waals surface area contributed by atoms with Gasteiger partial charge in [-0.05, 0) is 48.9 Å². The number of thiophene rings is 1. The third-order valence-corrected chi connectivity index (χ3v) is 7.24. The van der Waals surface area contributed by atoms with Crippen LogP contribution in [-0.2, 0) is 4.74 Å². The van der Waals surface area contributed by atoms with E-state index in [9.17, 15) is 14.4 Å². The predicted octanol–water partition coefficient (Wildman–Crippen LogP) is 3.54. The Morgan fingerprint density at radius 3 is 2.72 bits per heavy atom. The maximum Gasteiger partial charge on any atom is 0.414 e. The number of carbonyl (C=O) groups excluding carboxylic acids is 3. The number of benzene rings is 1. The highest BCUT2D eigenvalue weighted by atomic mass is 35.5. The largest absolute Gasteiger partial charge is 0.459 e. The minimum absolute atomic E-state index is 0.0491. The molecule has 0 aliphatic carbocycles. The summed E-state index contributed by atoms with van der Waals surface area (Å²) in [7, 11) is 0. The highest BCUT2D eigenvalue weighted by Gasteiger charge is 2.33. The number of furan rings is 1. The first-order valence-electron chi connectivity index (χ1n) is 11.4. The van der Waals surface area contributed by atoms with Gasteiger partial charge in [0.1, 0.15) is 6.10 Å². The van der Waals surface area contributed by atoms with Gasteiger partial charge < -0.3 is 30.4 Å². The van der Waals surface area contributed by atoms with E-state index in [2.05, 4.69) is 15.5 Å². The van der Waals surface area contributed by atoms with E-state index in [1.807, 2.05) is 6.07 Å². The number of halogens is 1. The van der Waals surface area contributed by atoms with Crippen molar-refractivity contribution in [3.8, 4) is 0 Å². The molecule has 2 atom stereocenters. The number of cyclic esters (lactones) is 1. The number of nitrogens with zero attached hydrogens (tertiary/aromatic N) is 2. The van der Waals surface area contributed by atoms with Crippen molar-refractivity contribution < 1.29 is 23.5 Å². The zero-order chi connectivity index (χ0) is 25.2. The second kappa shape index (κ2) is 10.2. The molecule has 2 saturated heterocycles. The quantitative estimate of drug-likeness (QED) is 0.426. The summed E-state index contributed by atoms with van der Waals surface area (Å²) in [6.45, 7) is 1.81. The zero-order valence-corrected chi connectivity index (χ0v) is 20.7. The number of hydrogen-bond acceptors (Lipinski definition) is 8. The van der Waals surface area contributed by atoms with Gasteiger partial charge in [0.15, 0.2) is 5.76 Å². The average Bonchev–Trinajstić information content (AvgIpc) is 3.66. The monoisotopic (exact) mass is 529 g/mol. The lowest BCUT2D eigenvalue weighted by atomic mass is 10.2. The van der Waals surface area contributed by atoms with Gasteiger partial charge in [-0.25, -0.2) is 4.79 Å². The number of nitrogens with one attached hydrogen (secondary N) is 2. The summed E-state index contributed by atoms with van der Waals surface area (Å²) in [5.74, 6) is -0.509. The van der Waals surface area contributed by atoms with E-state index in [0.717, 1.165) is 18.7 Å². The molecule has 188 valence electrons. The second-order valence-electron chi connectivity index (χ2n) is 8.56. The van der Waals surface area contributed by atoms with Crippen molar-refractivity contribution in [3.05, 3.63) is 63.7 Å². The van der Waals surface area contributed by atoms with E-state index in [1.165, 1.54) is 22.5 Å². The summed E-state index contributed by atoms with van der Waals surface area (Å²) < 4.78 is 11.2. The molecule has 2 fully saturated rings. The number of carbonyl (C=O) groups is 3. The van der Waals surface area contributed by atoms with Crippen LogP contribution >= 0.6 is 22.9 Å². The Kier molecular flexibility index (Phi) is 6.86. The molecule has 1 unspecified atom stereocenters. The maximum atomic E-state index is 12.7. The molecule has 4 N–H and O–H groups in total. The summed E-state index contributed by atoms with van der Waals surface area (Å²) in [5.41, 5.74) is 7.98. The molecular weight excluding hydrogens is 506 g/mol. The van der Waals surface area contributed by atoms with E-state index in [4.69, 9.17) is 26.5 Å². The van der Waals surface area contributed by atoms with Gasteiger partial charge in [-0.15, -0.1) is 11.3 Å². The molecule has 2 aliphatic rings. The Morgan fingerprint density at radius 1 is 1.17 bits per heavy atom. The van der Waals surface area contributed by atoms with Crippen LogP contribution in [0.5, 0.6) is 0 Å². The van der Waals surface area contributed by atoms with E-state index in [1.54, 1.807) is 36.4 Å². The fraction of sp³-hybridized carbons (Fsp3) is 0.292. The molecule has 3 aromatic rings. The summed E-state index contributed by atoms with van der Waals surface area (Å²) >= 11 is 7.07. The maximum absolute atomic E-state index is 12.7.